The number of aryl methyl sites for hydroxylation is 1. The zero-order valence-electron chi connectivity index (χ0n) is 15.4. The molecule has 0 aliphatic rings. The van der Waals surface area contributed by atoms with Crippen LogP contribution in [0.4, 0.5) is 0 Å². The second-order valence-corrected chi connectivity index (χ2v) is 6.13. The van der Waals surface area contributed by atoms with Gasteiger partial charge in [-0.15, -0.1) is 0 Å². The van der Waals surface area contributed by atoms with E-state index >= 15 is 0 Å². The minimum atomic E-state index is 0.0345. The Kier molecular flexibility index (Phi) is 6.26. The molecule has 0 bridgehead atoms. The van der Waals surface area contributed by atoms with Gasteiger partial charge in [-0.25, -0.2) is 0 Å². The Bertz CT molecular complexity index is 665. The van der Waals surface area contributed by atoms with Gasteiger partial charge in [0.2, 0.25) is 0 Å². The average molecular weight is 331 g/mol. The molecule has 1 heterocycles. The van der Waals surface area contributed by atoms with Crippen LogP contribution < -0.4 is 15.2 Å². The van der Waals surface area contributed by atoms with E-state index in [9.17, 15) is 0 Å². The monoisotopic (exact) mass is 331 g/mol. The van der Waals surface area contributed by atoms with Crippen LogP contribution in [-0.2, 0) is 7.05 Å². The van der Waals surface area contributed by atoms with Crippen molar-refractivity contribution in [3.63, 3.8) is 0 Å². The molecule has 5 nitrogen and oxygen atoms in total. The van der Waals surface area contributed by atoms with E-state index in [1.165, 1.54) is 0 Å². The maximum absolute atomic E-state index is 6.12. The number of benzene rings is 1. The minimum absolute atomic E-state index is 0.0345. The van der Waals surface area contributed by atoms with Crippen molar-refractivity contribution < 1.29 is 9.47 Å². The van der Waals surface area contributed by atoms with Crippen LogP contribution in [0.25, 0.3) is 0 Å². The lowest BCUT2D eigenvalue weighted by molar-refractivity contribution is 0.319. The molecule has 24 heavy (non-hydrogen) atoms. The molecule has 0 aliphatic carbocycles. The van der Waals surface area contributed by atoms with Crippen molar-refractivity contribution in [2.45, 2.75) is 39.5 Å². The quantitative estimate of drug-likeness (QED) is 0.805. The summed E-state index contributed by atoms with van der Waals surface area (Å²) >= 11 is 0. The average Bonchev–Trinajstić information content (AvgIpc) is 2.93. The molecule has 2 N–H and O–H groups in total. The summed E-state index contributed by atoms with van der Waals surface area (Å²) in [4.78, 5) is 0. The number of ether oxygens (including phenoxy) is 2. The van der Waals surface area contributed by atoms with Crippen molar-refractivity contribution >= 4 is 0 Å². The van der Waals surface area contributed by atoms with E-state index in [1.807, 2.05) is 37.7 Å². The molecule has 132 valence electrons. The number of aromatic nitrogens is 2. The summed E-state index contributed by atoms with van der Waals surface area (Å²) in [5.74, 6) is 2.06. The highest BCUT2D eigenvalue weighted by Crippen LogP contribution is 2.35. The zero-order valence-corrected chi connectivity index (χ0v) is 15.4. The van der Waals surface area contributed by atoms with E-state index in [-0.39, 0.29) is 5.92 Å². The molecule has 2 rings (SSSR count). The molecule has 0 saturated carbocycles. The first-order chi connectivity index (χ1) is 11.5. The Morgan fingerprint density at radius 1 is 1.12 bits per heavy atom. The Labute approximate surface area is 144 Å². The van der Waals surface area contributed by atoms with E-state index in [2.05, 4.69) is 31.1 Å². The number of nitrogens with zero attached hydrogens (tertiary/aromatic N) is 2. The molecule has 1 aromatic carbocycles. The van der Waals surface area contributed by atoms with Crippen LogP contribution in [0.2, 0.25) is 0 Å². The highest BCUT2D eigenvalue weighted by molar-refractivity contribution is 5.46. The molecule has 0 radical (unpaired) electrons. The SMILES string of the molecule is CCOc1ccc(C(CN)c2cc(C(C)C)nn2C)c(OCC)c1. The first-order valence-electron chi connectivity index (χ1n) is 8.65. The molecule has 0 fully saturated rings. The maximum atomic E-state index is 6.12. The molecule has 0 aliphatic heterocycles. The molecular weight excluding hydrogens is 302 g/mol. The third kappa shape index (κ3) is 3.90. The highest BCUT2D eigenvalue weighted by atomic mass is 16.5. The van der Waals surface area contributed by atoms with Crippen LogP contribution in [0.1, 0.15) is 56.5 Å². The van der Waals surface area contributed by atoms with Crippen molar-refractivity contribution in [1.82, 2.24) is 9.78 Å². The van der Waals surface area contributed by atoms with Gasteiger partial charge in [0.1, 0.15) is 11.5 Å². The fourth-order valence-electron chi connectivity index (χ4n) is 2.86. The molecule has 1 atom stereocenters. The normalized spacial score (nSPS) is 12.5. The van der Waals surface area contributed by atoms with Gasteiger partial charge in [-0.05, 0) is 31.9 Å². The number of nitrogens with two attached hydrogens (primary N) is 1. The second-order valence-electron chi connectivity index (χ2n) is 6.13. The second kappa shape index (κ2) is 8.20. The van der Waals surface area contributed by atoms with Crippen LogP contribution in [0.3, 0.4) is 0 Å². The molecule has 2 aromatic rings. The van der Waals surface area contributed by atoms with Gasteiger partial charge in [0.25, 0.3) is 0 Å². The fourth-order valence-corrected chi connectivity index (χ4v) is 2.86. The van der Waals surface area contributed by atoms with Gasteiger partial charge in [0, 0.05) is 36.8 Å². The molecule has 0 amide bonds. The van der Waals surface area contributed by atoms with Crippen molar-refractivity contribution in [3.8, 4) is 11.5 Å². The minimum Gasteiger partial charge on any atom is -0.494 e. The Morgan fingerprint density at radius 2 is 1.83 bits per heavy atom. The van der Waals surface area contributed by atoms with Crippen molar-refractivity contribution in [3.05, 3.63) is 41.2 Å². The summed E-state index contributed by atoms with van der Waals surface area (Å²) in [7, 11) is 1.97. The zero-order chi connectivity index (χ0) is 17.7. The van der Waals surface area contributed by atoms with Crippen LogP contribution in [0.5, 0.6) is 11.5 Å². The van der Waals surface area contributed by atoms with Gasteiger partial charge in [-0.2, -0.15) is 5.10 Å². The van der Waals surface area contributed by atoms with E-state index in [1.54, 1.807) is 0 Å². The van der Waals surface area contributed by atoms with Crippen molar-refractivity contribution in [1.29, 1.82) is 0 Å². The summed E-state index contributed by atoms with van der Waals surface area (Å²) < 4.78 is 13.4. The maximum Gasteiger partial charge on any atom is 0.126 e. The molecule has 1 aromatic heterocycles. The van der Waals surface area contributed by atoms with Gasteiger partial charge in [-0.3, -0.25) is 4.68 Å². The van der Waals surface area contributed by atoms with Crippen LogP contribution in [0.15, 0.2) is 24.3 Å². The Balaban J connectivity index is 2.46. The number of hydrogen-bond donors (Lipinski definition) is 1. The third-order valence-corrected chi connectivity index (χ3v) is 4.09. The molecule has 0 spiro atoms. The summed E-state index contributed by atoms with van der Waals surface area (Å²) in [6.07, 6.45) is 0. The predicted molar refractivity (Wildman–Crippen MR) is 97.0 cm³/mol. The lowest BCUT2D eigenvalue weighted by atomic mass is 9.93. The van der Waals surface area contributed by atoms with Gasteiger partial charge in [0.05, 0.1) is 18.9 Å². The van der Waals surface area contributed by atoms with E-state index < -0.39 is 0 Å². The standard InChI is InChI=1S/C19H29N3O2/c1-6-23-14-8-9-15(19(10-14)24-7-2)16(12-20)18-11-17(13(3)4)21-22(18)5/h8-11,13,16H,6-7,12,20H2,1-5H3. The van der Waals surface area contributed by atoms with Crippen LogP contribution in [-0.4, -0.2) is 29.5 Å². The van der Waals surface area contributed by atoms with E-state index in [0.29, 0.717) is 25.7 Å². The predicted octanol–water partition coefficient (Wildman–Crippen LogP) is 3.43. The summed E-state index contributed by atoms with van der Waals surface area (Å²) in [5, 5.41) is 4.62. The fraction of sp³-hybridized carbons (Fsp3) is 0.526. The van der Waals surface area contributed by atoms with Crippen LogP contribution >= 0.6 is 0 Å². The van der Waals surface area contributed by atoms with Gasteiger partial charge < -0.3 is 15.2 Å². The van der Waals surface area contributed by atoms with Gasteiger partial charge in [0.15, 0.2) is 0 Å². The third-order valence-electron chi connectivity index (χ3n) is 4.09. The molecule has 1 unspecified atom stereocenters. The van der Waals surface area contributed by atoms with Crippen molar-refractivity contribution in [2.75, 3.05) is 19.8 Å². The summed E-state index contributed by atoms with van der Waals surface area (Å²) in [6.45, 7) is 9.96. The Morgan fingerprint density at radius 3 is 2.38 bits per heavy atom. The molecular formula is C19H29N3O2. The van der Waals surface area contributed by atoms with E-state index in [0.717, 1.165) is 28.5 Å². The topological polar surface area (TPSA) is 62.3 Å². The van der Waals surface area contributed by atoms with Gasteiger partial charge in [-0.1, -0.05) is 19.9 Å². The van der Waals surface area contributed by atoms with Crippen molar-refractivity contribution in [2.24, 2.45) is 12.8 Å². The van der Waals surface area contributed by atoms with Crippen LogP contribution in [0, 0.1) is 0 Å². The number of hydrogen-bond acceptors (Lipinski definition) is 4. The molecule has 0 saturated heterocycles. The lowest BCUT2D eigenvalue weighted by Gasteiger charge is -2.20. The van der Waals surface area contributed by atoms with Gasteiger partial charge >= 0.3 is 0 Å². The summed E-state index contributed by atoms with van der Waals surface area (Å²) in [5.41, 5.74) is 9.38. The first kappa shape index (κ1) is 18.3. The van der Waals surface area contributed by atoms with E-state index in [4.69, 9.17) is 15.2 Å². The highest BCUT2D eigenvalue weighted by Gasteiger charge is 2.22. The smallest absolute Gasteiger partial charge is 0.126 e. The number of rotatable bonds is 8. The Hall–Kier alpha value is -2.01. The molecule has 5 heteroatoms. The first-order valence-corrected chi connectivity index (χ1v) is 8.65. The largest absolute Gasteiger partial charge is 0.494 e. The summed E-state index contributed by atoms with van der Waals surface area (Å²) in [6, 6.07) is 8.12. The lowest BCUT2D eigenvalue weighted by Crippen LogP contribution is -2.18.